The molecule has 3 aromatic heterocycles. The number of pyridine rings is 2. The number of nitrogens with one attached hydrogen (secondary N) is 2. The predicted octanol–water partition coefficient (Wildman–Crippen LogP) is 1.67. The SMILES string of the molecule is Cn1ccc2cc(Nc3cnccn3)nc(N[C@H]3CCOC3)c2c1=O. The van der Waals surface area contributed by atoms with Gasteiger partial charge in [-0.15, -0.1) is 0 Å². The average Bonchev–Trinajstić information content (AvgIpc) is 3.12. The van der Waals surface area contributed by atoms with Gasteiger partial charge in [0, 0.05) is 32.2 Å². The summed E-state index contributed by atoms with van der Waals surface area (Å²) in [6, 6.07) is 3.88. The Hall–Kier alpha value is -3.00. The highest BCUT2D eigenvalue weighted by molar-refractivity contribution is 5.93. The van der Waals surface area contributed by atoms with Gasteiger partial charge in [-0.3, -0.25) is 9.78 Å². The summed E-state index contributed by atoms with van der Waals surface area (Å²) in [4.78, 5) is 25.4. The number of nitrogens with zero attached hydrogens (tertiary/aromatic N) is 4. The highest BCUT2D eigenvalue weighted by Gasteiger charge is 2.19. The van der Waals surface area contributed by atoms with E-state index in [1.54, 1.807) is 36.4 Å². The summed E-state index contributed by atoms with van der Waals surface area (Å²) in [5.74, 6) is 1.75. The molecule has 0 saturated carbocycles. The number of hydrogen-bond donors (Lipinski definition) is 2. The molecule has 128 valence electrons. The molecule has 8 nitrogen and oxygen atoms in total. The molecule has 2 N–H and O–H groups in total. The summed E-state index contributed by atoms with van der Waals surface area (Å²) in [6.45, 7) is 1.32. The molecule has 1 aliphatic rings. The van der Waals surface area contributed by atoms with Crippen LogP contribution in [0.15, 0.2) is 41.7 Å². The van der Waals surface area contributed by atoms with Crippen LogP contribution < -0.4 is 16.2 Å². The lowest BCUT2D eigenvalue weighted by atomic mass is 10.2. The molecule has 0 amide bonds. The van der Waals surface area contributed by atoms with Crippen LogP contribution in [-0.4, -0.2) is 38.8 Å². The minimum Gasteiger partial charge on any atom is -0.379 e. The fraction of sp³-hybridized carbons (Fsp3) is 0.294. The molecule has 1 saturated heterocycles. The van der Waals surface area contributed by atoms with Crippen molar-refractivity contribution in [2.75, 3.05) is 23.8 Å². The summed E-state index contributed by atoms with van der Waals surface area (Å²) in [7, 11) is 1.73. The third kappa shape index (κ3) is 3.16. The summed E-state index contributed by atoms with van der Waals surface area (Å²) >= 11 is 0. The molecule has 1 aliphatic heterocycles. The molecule has 0 aromatic carbocycles. The lowest BCUT2D eigenvalue weighted by Gasteiger charge is -2.15. The molecule has 0 aliphatic carbocycles. The molecule has 4 rings (SSSR count). The van der Waals surface area contributed by atoms with Gasteiger partial charge in [0.25, 0.3) is 5.56 Å². The van der Waals surface area contributed by atoms with Crippen LogP contribution in [0.1, 0.15) is 6.42 Å². The van der Waals surface area contributed by atoms with Crippen LogP contribution >= 0.6 is 0 Å². The van der Waals surface area contributed by atoms with E-state index in [1.807, 2.05) is 12.1 Å². The maximum absolute atomic E-state index is 12.6. The highest BCUT2D eigenvalue weighted by atomic mass is 16.5. The second-order valence-corrected chi connectivity index (χ2v) is 5.97. The molecular formula is C17H18N6O2. The van der Waals surface area contributed by atoms with Crippen molar-refractivity contribution in [3.63, 3.8) is 0 Å². The lowest BCUT2D eigenvalue weighted by Crippen LogP contribution is -2.23. The van der Waals surface area contributed by atoms with E-state index in [9.17, 15) is 4.79 Å². The molecular weight excluding hydrogens is 320 g/mol. The van der Waals surface area contributed by atoms with E-state index in [2.05, 4.69) is 25.6 Å². The minimum atomic E-state index is -0.0857. The molecule has 4 heterocycles. The van der Waals surface area contributed by atoms with Gasteiger partial charge in [0.1, 0.15) is 17.5 Å². The van der Waals surface area contributed by atoms with Crippen LogP contribution in [-0.2, 0) is 11.8 Å². The number of anilines is 3. The molecule has 0 unspecified atom stereocenters. The summed E-state index contributed by atoms with van der Waals surface area (Å²) in [6.07, 6.45) is 7.47. The van der Waals surface area contributed by atoms with Crippen molar-refractivity contribution in [3.05, 3.63) is 47.3 Å². The quantitative estimate of drug-likeness (QED) is 0.747. The molecule has 3 aromatic rings. The Morgan fingerprint density at radius 2 is 2.24 bits per heavy atom. The first kappa shape index (κ1) is 15.5. The standard InChI is InChI=1S/C17H18N6O2/c1-23-6-2-11-8-13(21-14-9-18-4-5-19-14)22-16(15(11)17(23)24)20-12-3-7-25-10-12/h2,4-6,8-9,12H,3,7,10H2,1H3,(H2,19,20,21,22)/t12-/m0/s1. The first-order valence-electron chi connectivity index (χ1n) is 8.08. The smallest absolute Gasteiger partial charge is 0.261 e. The third-order valence-corrected chi connectivity index (χ3v) is 4.15. The Bertz CT molecular complexity index is 951. The Morgan fingerprint density at radius 1 is 1.32 bits per heavy atom. The summed E-state index contributed by atoms with van der Waals surface area (Å²) in [5, 5.41) is 7.87. The zero-order chi connectivity index (χ0) is 17.2. The number of fused-ring (bicyclic) bond motifs is 1. The molecule has 1 atom stereocenters. The fourth-order valence-corrected chi connectivity index (χ4v) is 2.86. The van der Waals surface area contributed by atoms with E-state index in [1.165, 1.54) is 0 Å². The molecule has 25 heavy (non-hydrogen) atoms. The summed E-state index contributed by atoms with van der Waals surface area (Å²) in [5.41, 5.74) is -0.0857. The predicted molar refractivity (Wildman–Crippen MR) is 95.1 cm³/mol. The molecule has 0 spiro atoms. The van der Waals surface area contributed by atoms with Crippen LogP contribution in [0.5, 0.6) is 0 Å². The number of aromatic nitrogens is 4. The number of ether oxygens (including phenoxy) is 1. The Kier molecular flexibility index (Phi) is 4.02. The van der Waals surface area contributed by atoms with Crippen molar-refractivity contribution in [2.45, 2.75) is 12.5 Å². The van der Waals surface area contributed by atoms with Crippen LogP contribution in [0.2, 0.25) is 0 Å². The molecule has 1 fully saturated rings. The van der Waals surface area contributed by atoms with E-state index < -0.39 is 0 Å². The van der Waals surface area contributed by atoms with E-state index in [0.29, 0.717) is 36.1 Å². The zero-order valence-electron chi connectivity index (χ0n) is 13.8. The zero-order valence-corrected chi connectivity index (χ0v) is 13.8. The van der Waals surface area contributed by atoms with Crippen LogP contribution in [0.25, 0.3) is 10.8 Å². The van der Waals surface area contributed by atoms with Crippen LogP contribution in [0.3, 0.4) is 0 Å². The summed E-state index contributed by atoms with van der Waals surface area (Å²) < 4.78 is 6.97. The van der Waals surface area contributed by atoms with Gasteiger partial charge in [-0.25, -0.2) is 9.97 Å². The van der Waals surface area contributed by atoms with Gasteiger partial charge >= 0.3 is 0 Å². The first-order valence-corrected chi connectivity index (χ1v) is 8.08. The van der Waals surface area contributed by atoms with Crippen molar-refractivity contribution < 1.29 is 4.74 Å². The Morgan fingerprint density at radius 3 is 3.00 bits per heavy atom. The maximum Gasteiger partial charge on any atom is 0.261 e. The van der Waals surface area contributed by atoms with Gasteiger partial charge in [-0.05, 0) is 23.9 Å². The lowest BCUT2D eigenvalue weighted by molar-refractivity contribution is 0.195. The van der Waals surface area contributed by atoms with Gasteiger partial charge in [0.05, 0.1) is 24.2 Å². The van der Waals surface area contributed by atoms with Crippen molar-refractivity contribution in [3.8, 4) is 0 Å². The topological polar surface area (TPSA) is 94.0 Å². The number of rotatable bonds is 4. The fourth-order valence-electron chi connectivity index (χ4n) is 2.86. The van der Waals surface area contributed by atoms with Gasteiger partial charge < -0.3 is 19.9 Å². The van der Waals surface area contributed by atoms with Crippen molar-refractivity contribution in [2.24, 2.45) is 7.05 Å². The number of hydrogen-bond acceptors (Lipinski definition) is 7. The minimum absolute atomic E-state index is 0.0857. The third-order valence-electron chi connectivity index (χ3n) is 4.15. The molecule has 0 bridgehead atoms. The average molecular weight is 338 g/mol. The van der Waals surface area contributed by atoms with Crippen molar-refractivity contribution in [1.82, 2.24) is 19.5 Å². The molecule has 8 heteroatoms. The first-order chi connectivity index (χ1) is 12.2. The normalized spacial score (nSPS) is 16.9. The Balaban J connectivity index is 1.79. The van der Waals surface area contributed by atoms with Crippen LogP contribution in [0, 0.1) is 0 Å². The Labute approximate surface area is 143 Å². The van der Waals surface area contributed by atoms with Gasteiger partial charge in [0.15, 0.2) is 0 Å². The van der Waals surface area contributed by atoms with Gasteiger partial charge in [0.2, 0.25) is 0 Å². The van der Waals surface area contributed by atoms with E-state index in [-0.39, 0.29) is 11.6 Å². The maximum atomic E-state index is 12.6. The largest absolute Gasteiger partial charge is 0.379 e. The van der Waals surface area contributed by atoms with E-state index in [0.717, 1.165) is 11.8 Å². The second-order valence-electron chi connectivity index (χ2n) is 5.97. The monoisotopic (exact) mass is 338 g/mol. The van der Waals surface area contributed by atoms with E-state index >= 15 is 0 Å². The van der Waals surface area contributed by atoms with Gasteiger partial charge in [-0.2, -0.15) is 0 Å². The highest BCUT2D eigenvalue weighted by Crippen LogP contribution is 2.25. The molecule has 0 radical (unpaired) electrons. The van der Waals surface area contributed by atoms with Gasteiger partial charge in [-0.1, -0.05) is 0 Å². The van der Waals surface area contributed by atoms with E-state index in [4.69, 9.17) is 4.74 Å². The second kappa shape index (κ2) is 6.48. The van der Waals surface area contributed by atoms with Crippen LogP contribution in [0.4, 0.5) is 17.5 Å². The van der Waals surface area contributed by atoms with Crippen molar-refractivity contribution in [1.29, 1.82) is 0 Å². The van der Waals surface area contributed by atoms with Crippen molar-refractivity contribution >= 4 is 28.2 Å². The number of aryl methyl sites for hydroxylation is 1.